The Kier molecular flexibility index (Phi) is 8.69. The maximum Gasteiger partial charge on any atom is 0.329 e. The quantitative estimate of drug-likeness (QED) is 0.267. The minimum atomic E-state index is -0.948. The number of hydrogen-bond acceptors (Lipinski definition) is 6. The van der Waals surface area contributed by atoms with E-state index in [9.17, 15) is 9.59 Å². The molecule has 0 heterocycles. The Morgan fingerprint density at radius 3 is 2.26 bits per heavy atom. The minimum Gasteiger partial charge on any atom is -0.495 e. The number of aryl methyl sites for hydroxylation is 1. The highest BCUT2D eigenvalue weighted by Gasteiger charge is 2.16. The number of methoxy groups -OCH3 is 2. The van der Waals surface area contributed by atoms with Crippen LogP contribution in [0.1, 0.15) is 23.6 Å². The predicted octanol–water partition coefficient (Wildman–Crippen LogP) is 4.72. The molecule has 8 nitrogen and oxygen atoms in total. The van der Waals surface area contributed by atoms with E-state index in [0.717, 1.165) is 5.56 Å². The molecule has 0 aromatic heterocycles. The Balaban J connectivity index is 1.64. The highest BCUT2D eigenvalue weighted by molar-refractivity contribution is 6.40. The second-order valence-corrected chi connectivity index (χ2v) is 8.01. The molecule has 0 spiro atoms. The smallest absolute Gasteiger partial charge is 0.329 e. The number of benzene rings is 3. The Morgan fingerprint density at radius 2 is 1.57 bits per heavy atom. The summed E-state index contributed by atoms with van der Waals surface area (Å²) in [6, 6.07) is 18.0. The lowest BCUT2D eigenvalue weighted by atomic mass is 10.1. The van der Waals surface area contributed by atoms with E-state index in [1.54, 1.807) is 44.4 Å². The fourth-order valence-electron chi connectivity index (χ4n) is 3.06. The first-order valence-corrected chi connectivity index (χ1v) is 11.0. The summed E-state index contributed by atoms with van der Waals surface area (Å²) in [6.07, 6.45) is 0. The molecule has 9 heteroatoms. The van der Waals surface area contributed by atoms with Crippen LogP contribution >= 0.6 is 11.6 Å². The van der Waals surface area contributed by atoms with Crippen molar-refractivity contribution < 1.29 is 23.8 Å². The third-order valence-corrected chi connectivity index (χ3v) is 5.27. The van der Waals surface area contributed by atoms with Crippen molar-refractivity contribution in [2.24, 2.45) is 5.10 Å². The standard InChI is InChI=1S/C26H26ClN3O5/c1-16-5-7-18(8-6-16)15-35-23-11-9-19(13-24(23)34-4)17(2)29-30-26(32)25(31)28-21-14-20(27)10-12-22(21)33-3/h5-14H,15H2,1-4H3,(H,28,31)(H,30,32)/b29-17+. The molecule has 0 unspecified atom stereocenters. The van der Waals surface area contributed by atoms with Crippen molar-refractivity contribution in [3.05, 3.63) is 82.4 Å². The molecular formula is C26H26ClN3O5. The van der Waals surface area contributed by atoms with Gasteiger partial charge in [-0.05, 0) is 55.8 Å². The third kappa shape index (κ3) is 6.97. The number of carbonyl (C=O) groups excluding carboxylic acids is 2. The van der Waals surface area contributed by atoms with Gasteiger partial charge in [0.15, 0.2) is 11.5 Å². The monoisotopic (exact) mass is 495 g/mol. The van der Waals surface area contributed by atoms with Gasteiger partial charge in [0.1, 0.15) is 12.4 Å². The first kappa shape index (κ1) is 25.6. The van der Waals surface area contributed by atoms with Crippen molar-refractivity contribution in [1.82, 2.24) is 5.43 Å². The summed E-state index contributed by atoms with van der Waals surface area (Å²) in [5.41, 5.74) is 5.88. The first-order valence-electron chi connectivity index (χ1n) is 10.7. The van der Waals surface area contributed by atoms with Gasteiger partial charge in [-0.3, -0.25) is 9.59 Å². The van der Waals surface area contributed by atoms with Crippen molar-refractivity contribution in [3.63, 3.8) is 0 Å². The Hall–Kier alpha value is -4.04. The lowest BCUT2D eigenvalue weighted by Crippen LogP contribution is -2.33. The largest absolute Gasteiger partial charge is 0.495 e. The van der Waals surface area contributed by atoms with Crippen LogP contribution in [0.3, 0.4) is 0 Å². The molecule has 182 valence electrons. The van der Waals surface area contributed by atoms with Crippen molar-refractivity contribution in [1.29, 1.82) is 0 Å². The number of hydrogen-bond donors (Lipinski definition) is 2. The summed E-state index contributed by atoms with van der Waals surface area (Å²) >= 11 is 5.95. The van der Waals surface area contributed by atoms with Gasteiger partial charge in [-0.25, -0.2) is 5.43 Å². The third-order valence-electron chi connectivity index (χ3n) is 5.04. The van der Waals surface area contributed by atoms with Gasteiger partial charge in [-0.15, -0.1) is 0 Å². The van der Waals surface area contributed by atoms with Crippen LogP contribution in [0.25, 0.3) is 0 Å². The second-order valence-electron chi connectivity index (χ2n) is 7.58. The van der Waals surface area contributed by atoms with Crippen LogP contribution in [0.4, 0.5) is 5.69 Å². The molecular weight excluding hydrogens is 470 g/mol. The zero-order valence-electron chi connectivity index (χ0n) is 19.8. The van der Waals surface area contributed by atoms with E-state index >= 15 is 0 Å². The average molecular weight is 496 g/mol. The zero-order valence-corrected chi connectivity index (χ0v) is 20.6. The van der Waals surface area contributed by atoms with Gasteiger partial charge in [0, 0.05) is 10.6 Å². The number of anilines is 1. The van der Waals surface area contributed by atoms with E-state index in [0.29, 0.717) is 40.2 Å². The lowest BCUT2D eigenvalue weighted by Gasteiger charge is -2.13. The second kappa shape index (κ2) is 11.9. The molecule has 0 atom stereocenters. The number of ether oxygens (including phenoxy) is 3. The normalized spacial score (nSPS) is 10.9. The van der Waals surface area contributed by atoms with E-state index < -0.39 is 11.8 Å². The number of nitrogens with one attached hydrogen (secondary N) is 2. The summed E-state index contributed by atoms with van der Waals surface area (Å²) in [5.74, 6) is -0.409. The maximum atomic E-state index is 12.3. The molecule has 0 bridgehead atoms. The summed E-state index contributed by atoms with van der Waals surface area (Å²) in [7, 11) is 2.99. The summed E-state index contributed by atoms with van der Waals surface area (Å²) in [5, 5.41) is 6.87. The van der Waals surface area contributed by atoms with Crippen molar-refractivity contribution in [2.45, 2.75) is 20.5 Å². The van der Waals surface area contributed by atoms with Crippen LogP contribution in [0, 0.1) is 6.92 Å². The van der Waals surface area contributed by atoms with Crippen molar-refractivity contribution >= 4 is 34.8 Å². The van der Waals surface area contributed by atoms with Crippen LogP contribution in [0.15, 0.2) is 65.8 Å². The van der Waals surface area contributed by atoms with Crippen molar-refractivity contribution in [3.8, 4) is 17.2 Å². The zero-order chi connectivity index (χ0) is 25.4. The number of rotatable bonds is 8. The van der Waals surface area contributed by atoms with Gasteiger partial charge in [-0.1, -0.05) is 41.4 Å². The molecule has 0 saturated heterocycles. The number of halogens is 1. The summed E-state index contributed by atoms with van der Waals surface area (Å²) < 4.78 is 16.5. The van der Waals surface area contributed by atoms with Gasteiger partial charge in [-0.2, -0.15) is 5.10 Å². The van der Waals surface area contributed by atoms with E-state index in [-0.39, 0.29) is 5.69 Å². The lowest BCUT2D eigenvalue weighted by molar-refractivity contribution is -0.136. The number of nitrogens with zero attached hydrogens (tertiary/aromatic N) is 1. The van der Waals surface area contributed by atoms with Gasteiger partial charge < -0.3 is 19.5 Å². The average Bonchev–Trinajstić information content (AvgIpc) is 2.86. The maximum absolute atomic E-state index is 12.3. The Labute approximate surface area is 208 Å². The highest BCUT2D eigenvalue weighted by Crippen LogP contribution is 2.29. The topological polar surface area (TPSA) is 98.2 Å². The van der Waals surface area contributed by atoms with Crippen LogP contribution in [-0.4, -0.2) is 31.7 Å². The molecule has 3 rings (SSSR count). The minimum absolute atomic E-state index is 0.270. The molecule has 0 aliphatic rings. The Morgan fingerprint density at radius 1 is 0.886 bits per heavy atom. The molecule has 0 aliphatic carbocycles. The van der Waals surface area contributed by atoms with E-state index in [1.807, 2.05) is 31.2 Å². The molecule has 2 amide bonds. The van der Waals surface area contributed by atoms with Crippen LogP contribution in [0.2, 0.25) is 5.02 Å². The molecule has 0 saturated carbocycles. The molecule has 0 radical (unpaired) electrons. The first-order chi connectivity index (χ1) is 16.8. The van der Waals surface area contributed by atoms with Crippen LogP contribution < -0.4 is 25.0 Å². The SMILES string of the molecule is COc1ccc(Cl)cc1NC(=O)C(=O)N/N=C(\C)c1ccc(OCc2ccc(C)cc2)c(OC)c1. The molecule has 0 aliphatic heterocycles. The fourth-order valence-corrected chi connectivity index (χ4v) is 3.24. The fraction of sp³-hybridized carbons (Fsp3) is 0.192. The van der Waals surface area contributed by atoms with Crippen LogP contribution in [-0.2, 0) is 16.2 Å². The predicted molar refractivity (Wildman–Crippen MR) is 135 cm³/mol. The van der Waals surface area contributed by atoms with Gasteiger partial charge in [0.05, 0.1) is 25.6 Å². The highest BCUT2D eigenvalue weighted by atomic mass is 35.5. The molecule has 35 heavy (non-hydrogen) atoms. The number of hydrazone groups is 1. The summed E-state index contributed by atoms with van der Waals surface area (Å²) in [6.45, 7) is 4.12. The van der Waals surface area contributed by atoms with E-state index in [4.69, 9.17) is 25.8 Å². The number of amides is 2. The molecule has 3 aromatic rings. The van der Waals surface area contributed by atoms with E-state index in [2.05, 4.69) is 15.8 Å². The van der Waals surface area contributed by atoms with Crippen molar-refractivity contribution in [2.75, 3.05) is 19.5 Å². The number of carbonyl (C=O) groups is 2. The molecule has 2 N–H and O–H groups in total. The van der Waals surface area contributed by atoms with Gasteiger partial charge in [0.2, 0.25) is 0 Å². The van der Waals surface area contributed by atoms with Gasteiger partial charge >= 0.3 is 11.8 Å². The Bertz CT molecular complexity index is 1240. The van der Waals surface area contributed by atoms with E-state index in [1.165, 1.54) is 18.7 Å². The van der Waals surface area contributed by atoms with Crippen LogP contribution in [0.5, 0.6) is 17.2 Å². The summed E-state index contributed by atoms with van der Waals surface area (Å²) in [4.78, 5) is 24.5. The van der Waals surface area contributed by atoms with Gasteiger partial charge in [0.25, 0.3) is 0 Å². The molecule has 0 fully saturated rings. The molecule has 3 aromatic carbocycles.